The Kier molecular flexibility index (Phi) is 33.5. The summed E-state index contributed by atoms with van der Waals surface area (Å²) < 4.78 is 53.3. The average molecular weight is 797 g/mol. The van der Waals surface area contributed by atoms with Crippen LogP contribution in [0.5, 0.6) is 0 Å². The first-order chi connectivity index (χ1) is 12.0. The van der Waals surface area contributed by atoms with Gasteiger partial charge in [-0.05, 0) is 0 Å². The van der Waals surface area contributed by atoms with Crippen molar-refractivity contribution in [3.63, 3.8) is 0 Å². The predicted molar refractivity (Wildman–Crippen MR) is 94.1 cm³/mol. The normalized spacial score (nSPS) is 11.4. The third kappa shape index (κ3) is 11000. The van der Waals surface area contributed by atoms with Crippen molar-refractivity contribution < 1.29 is 115 Å². The van der Waals surface area contributed by atoms with E-state index in [4.69, 9.17) is 115 Å². The van der Waals surface area contributed by atoms with E-state index in [0.717, 1.165) is 0 Å². The summed E-state index contributed by atoms with van der Waals surface area (Å²) in [5.74, 6) is 0. The Balaban J connectivity index is -0.0000000443. The van der Waals surface area contributed by atoms with Gasteiger partial charge in [-0.15, -0.1) is 0 Å². The fraction of sp³-hybridized carbons (Fsp3) is 0. The topological polar surface area (TPSA) is 467 Å². The van der Waals surface area contributed by atoms with Crippen LogP contribution in [0.2, 0.25) is 0 Å². The van der Waals surface area contributed by atoms with Crippen molar-refractivity contribution in [2.45, 2.75) is 0 Å². The summed E-state index contributed by atoms with van der Waals surface area (Å²) in [6.07, 6.45) is 0. The van der Waals surface area contributed by atoms with Gasteiger partial charge in [0, 0.05) is 0 Å². The number of hydrogen-bond donors (Lipinski definition) is 18. The molecule has 0 aromatic carbocycles. The SMILES string of the molecule is O=P(O)(O)O.O=P(O)(O)O.O=P(O)(O)O.O=P(O)(O)O.O=P(O)(O)O.O=P(O)(O)O.[PbH2]. The molecule has 0 aliphatic rings. The van der Waals surface area contributed by atoms with Gasteiger partial charge in [0.05, 0.1) is 0 Å². The molecule has 0 aromatic rings. The Morgan fingerprint density at radius 3 is 0.226 bits per heavy atom. The van der Waals surface area contributed by atoms with Gasteiger partial charge >= 0.3 is 74.2 Å². The molecule has 0 spiro atoms. The van der Waals surface area contributed by atoms with Gasteiger partial charge in [-0.3, -0.25) is 0 Å². The minimum atomic E-state index is -4.64. The molecular formula is H20O24P6Pb. The summed E-state index contributed by atoms with van der Waals surface area (Å²) in [7, 11) is -27.8. The molecule has 2 radical (unpaired) electrons. The second-order valence-electron chi connectivity index (χ2n) is 3.08. The first-order valence-electron chi connectivity index (χ1n) is 4.70. The van der Waals surface area contributed by atoms with E-state index in [9.17, 15) is 0 Å². The van der Waals surface area contributed by atoms with Crippen molar-refractivity contribution in [1.29, 1.82) is 0 Å². The quantitative estimate of drug-likeness (QED) is 0.0800. The summed E-state index contributed by atoms with van der Waals surface area (Å²) in [5, 5.41) is 0. The fourth-order valence-corrected chi connectivity index (χ4v) is 0. The molecule has 0 bridgehead atoms. The van der Waals surface area contributed by atoms with Gasteiger partial charge < -0.3 is 88.1 Å². The van der Waals surface area contributed by atoms with Crippen LogP contribution in [0.4, 0.5) is 0 Å². The van der Waals surface area contributed by atoms with Gasteiger partial charge in [0.1, 0.15) is 0 Å². The van der Waals surface area contributed by atoms with E-state index >= 15 is 0 Å². The van der Waals surface area contributed by atoms with Gasteiger partial charge in [-0.2, -0.15) is 0 Å². The Bertz CT molecular complexity index is 460. The Morgan fingerprint density at radius 1 is 0.226 bits per heavy atom. The Hall–Kier alpha value is 1.58. The van der Waals surface area contributed by atoms with Crippen LogP contribution in [0.1, 0.15) is 0 Å². The molecule has 0 rings (SSSR count). The molecule has 0 unspecified atom stereocenters. The summed E-state index contributed by atoms with van der Waals surface area (Å²) >= 11 is 0. The minimum absolute atomic E-state index is 0. The third-order valence-electron chi connectivity index (χ3n) is 0. The maximum absolute atomic E-state index is 8.88. The zero-order valence-corrected chi connectivity index (χ0v) is 24.8. The molecule has 0 aliphatic carbocycles. The summed E-state index contributed by atoms with van der Waals surface area (Å²) in [5.41, 5.74) is 0. The van der Waals surface area contributed by atoms with Crippen molar-refractivity contribution in [2.24, 2.45) is 0 Å². The molecule has 0 aliphatic heterocycles. The van der Waals surface area contributed by atoms with Crippen molar-refractivity contribution in [1.82, 2.24) is 0 Å². The van der Waals surface area contributed by atoms with Crippen LogP contribution in [-0.4, -0.2) is 115 Å². The molecule has 0 saturated carbocycles. The van der Waals surface area contributed by atoms with Crippen LogP contribution >= 0.6 is 46.9 Å². The standard InChI is InChI=1S/6H3O4P.Pb.2H/c6*1-5(2,3)4;;;/h6*(H3,1,2,3,4);;;. The second-order valence-corrected chi connectivity index (χ2v) is 9.24. The van der Waals surface area contributed by atoms with E-state index in [1.165, 1.54) is 0 Å². The van der Waals surface area contributed by atoms with E-state index in [1.807, 2.05) is 0 Å². The van der Waals surface area contributed by atoms with Crippen molar-refractivity contribution in [2.75, 3.05) is 0 Å². The first-order valence-corrected chi connectivity index (χ1v) is 14.1. The van der Waals surface area contributed by atoms with Crippen molar-refractivity contribution in [3.8, 4) is 0 Å². The van der Waals surface area contributed by atoms with Crippen molar-refractivity contribution in [3.05, 3.63) is 0 Å². The van der Waals surface area contributed by atoms with E-state index in [-0.39, 0.29) is 27.3 Å². The number of phosphoric acid groups is 6. The molecular weight excluding hydrogens is 777 g/mol. The molecule has 0 fully saturated rings. The van der Waals surface area contributed by atoms with E-state index in [1.54, 1.807) is 0 Å². The van der Waals surface area contributed by atoms with Gasteiger partial charge in [0.15, 0.2) is 0 Å². The Morgan fingerprint density at radius 2 is 0.226 bits per heavy atom. The summed E-state index contributed by atoms with van der Waals surface area (Å²) in [6, 6.07) is 0. The van der Waals surface area contributed by atoms with Crippen LogP contribution in [0.15, 0.2) is 0 Å². The third-order valence-corrected chi connectivity index (χ3v) is 0. The molecule has 24 nitrogen and oxygen atoms in total. The van der Waals surface area contributed by atoms with E-state index in [2.05, 4.69) is 0 Å². The van der Waals surface area contributed by atoms with E-state index < -0.39 is 46.9 Å². The first kappa shape index (κ1) is 49.7. The van der Waals surface area contributed by atoms with Crippen LogP contribution < -0.4 is 0 Å². The monoisotopic (exact) mass is 798 g/mol. The van der Waals surface area contributed by atoms with Gasteiger partial charge in [0.25, 0.3) is 0 Å². The zero-order valence-electron chi connectivity index (χ0n) is 13.9. The summed E-state index contributed by atoms with van der Waals surface area (Å²) in [6.45, 7) is 0. The molecule has 0 aromatic heterocycles. The maximum atomic E-state index is 8.88. The molecule has 0 atom stereocenters. The summed E-state index contributed by atoms with van der Waals surface area (Å²) in [4.78, 5) is 129. The molecule has 198 valence electrons. The molecule has 0 heterocycles. The predicted octanol–water partition coefficient (Wildman–Crippen LogP) is -6.49. The van der Waals surface area contributed by atoms with Crippen LogP contribution in [-0.2, 0) is 27.4 Å². The van der Waals surface area contributed by atoms with Crippen LogP contribution in [0.3, 0.4) is 0 Å². The number of rotatable bonds is 0. The van der Waals surface area contributed by atoms with Crippen molar-refractivity contribution >= 4 is 74.2 Å². The molecule has 0 amide bonds. The van der Waals surface area contributed by atoms with Gasteiger partial charge in [-0.1, -0.05) is 0 Å². The second kappa shape index (κ2) is 20.9. The molecule has 31 heavy (non-hydrogen) atoms. The molecule has 0 saturated heterocycles. The van der Waals surface area contributed by atoms with E-state index in [0.29, 0.717) is 0 Å². The van der Waals surface area contributed by atoms with Crippen LogP contribution in [0, 0.1) is 0 Å². The van der Waals surface area contributed by atoms with Gasteiger partial charge in [0.2, 0.25) is 0 Å². The fourth-order valence-electron chi connectivity index (χ4n) is 0. The molecule has 31 heteroatoms. The van der Waals surface area contributed by atoms with Crippen LogP contribution in [0.25, 0.3) is 0 Å². The molecule has 18 N–H and O–H groups in total. The average Bonchev–Trinajstić information content (AvgIpc) is 1.94. The van der Waals surface area contributed by atoms with Gasteiger partial charge in [-0.25, -0.2) is 27.4 Å². The number of hydrogen-bond acceptors (Lipinski definition) is 6. The Labute approximate surface area is 189 Å². The zero-order chi connectivity index (χ0) is 27.0.